The maximum absolute atomic E-state index is 4.45. The van der Waals surface area contributed by atoms with Gasteiger partial charge in [-0.1, -0.05) is 60.7 Å². The monoisotopic (exact) mass is 263 g/mol. The van der Waals surface area contributed by atoms with Gasteiger partial charge < -0.3 is 0 Å². The van der Waals surface area contributed by atoms with Crippen molar-refractivity contribution in [3.63, 3.8) is 0 Å². The average Bonchev–Trinajstić information content (AvgIpc) is 2.95. The molecule has 0 spiro atoms. The summed E-state index contributed by atoms with van der Waals surface area (Å²) in [6.07, 6.45) is 1.61. The summed E-state index contributed by atoms with van der Waals surface area (Å²) in [4.78, 5) is 4.29. The molecule has 0 bridgehead atoms. The SMILES string of the molecule is Cc1ncnn1C(C)(c1ccccc1)c1ccccc1. The van der Waals surface area contributed by atoms with Gasteiger partial charge in [0.2, 0.25) is 0 Å². The van der Waals surface area contributed by atoms with Crippen LogP contribution in [-0.4, -0.2) is 14.8 Å². The Morgan fingerprint density at radius 2 is 1.35 bits per heavy atom. The summed E-state index contributed by atoms with van der Waals surface area (Å²) in [6, 6.07) is 20.8. The molecule has 0 aliphatic heterocycles. The van der Waals surface area contributed by atoms with E-state index in [0.29, 0.717) is 0 Å². The molecule has 1 aromatic heterocycles. The maximum Gasteiger partial charge on any atom is 0.138 e. The van der Waals surface area contributed by atoms with Gasteiger partial charge in [0, 0.05) is 0 Å². The molecule has 3 nitrogen and oxygen atoms in total. The molecular formula is C17H17N3. The van der Waals surface area contributed by atoms with E-state index in [2.05, 4.69) is 65.5 Å². The molecule has 0 aliphatic carbocycles. The fourth-order valence-corrected chi connectivity index (χ4v) is 2.67. The van der Waals surface area contributed by atoms with E-state index in [4.69, 9.17) is 0 Å². The fourth-order valence-electron chi connectivity index (χ4n) is 2.67. The zero-order valence-electron chi connectivity index (χ0n) is 11.7. The van der Waals surface area contributed by atoms with Gasteiger partial charge in [0.25, 0.3) is 0 Å². The van der Waals surface area contributed by atoms with Crippen LogP contribution in [0.2, 0.25) is 0 Å². The van der Waals surface area contributed by atoms with Crippen LogP contribution in [0, 0.1) is 6.92 Å². The third kappa shape index (κ3) is 1.92. The van der Waals surface area contributed by atoms with Crippen LogP contribution >= 0.6 is 0 Å². The highest BCUT2D eigenvalue weighted by atomic mass is 15.4. The lowest BCUT2D eigenvalue weighted by molar-refractivity contribution is 0.414. The van der Waals surface area contributed by atoms with Crippen LogP contribution in [0.4, 0.5) is 0 Å². The number of benzene rings is 2. The smallest absolute Gasteiger partial charge is 0.138 e. The molecule has 3 aromatic rings. The highest BCUT2D eigenvalue weighted by Gasteiger charge is 2.32. The van der Waals surface area contributed by atoms with Crippen molar-refractivity contribution in [3.05, 3.63) is 83.9 Å². The van der Waals surface area contributed by atoms with E-state index in [0.717, 1.165) is 5.82 Å². The van der Waals surface area contributed by atoms with Crippen molar-refractivity contribution in [2.24, 2.45) is 0 Å². The quantitative estimate of drug-likeness (QED) is 0.725. The molecule has 20 heavy (non-hydrogen) atoms. The molecule has 0 unspecified atom stereocenters. The summed E-state index contributed by atoms with van der Waals surface area (Å²) in [5.41, 5.74) is 2.03. The zero-order chi connectivity index (χ0) is 14.0. The van der Waals surface area contributed by atoms with E-state index in [1.54, 1.807) is 6.33 Å². The third-order valence-corrected chi connectivity index (χ3v) is 3.81. The maximum atomic E-state index is 4.45. The lowest BCUT2D eigenvalue weighted by Gasteiger charge is -2.32. The van der Waals surface area contributed by atoms with Crippen molar-refractivity contribution in [3.8, 4) is 0 Å². The molecule has 0 N–H and O–H groups in total. The van der Waals surface area contributed by atoms with Gasteiger partial charge in [0.15, 0.2) is 0 Å². The minimum Gasteiger partial charge on any atom is -0.236 e. The first-order valence-electron chi connectivity index (χ1n) is 6.71. The molecule has 0 saturated carbocycles. The van der Waals surface area contributed by atoms with Crippen LogP contribution < -0.4 is 0 Å². The lowest BCUT2D eigenvalue weighted by atomic mass is 9.84. The normalized spacial score (nSPS) is 11.5. The fraction of sp³-hybridized carbons (Fsp3) is 0.176. The van der Waals surface area contributed by atoms with Crippen LogP contribution in [0.15, 0.2) is 67.0 Å². The van der Waals surface area contributed by atoms with E-state index in [-0.39, 0.29) is 5.54 Å². The summed E-state index contributed by atoms with van der Waals surface area (Å²) in [5, 5.41) is 4.45. The second kappa shape index (κ2) is 4.93. The Morgan fingerprint density at radius 1 is 0.850 bits per heavy atom. The van der Waals surface area contributed by atoms with Gasteiger partial charge >= 0.3 is 0 Å². The van der Waals surface area contributed by atoms with E-state index in [9.17, 15) is 0 Å². The minimum atomic E-state index is -0.358. The largest absolute Gasteiger partial charge is 0.236 e. The van der Waals surface area contributed by atoms with E-state index >= 15 is 0 Å². The molecule has 0 aliphatic rings. The van der Waals surface area contributed by atoms with E-state index < -0.39 is 0 Å². The van der Waals surface area contributed by atoms with Gasteiger partial charge in [-0.25, -0.2) is 9.67 Å². The Balaban J connectivity index is 2.27. The van der Waals surface area contributed by atoms with Crippen molar-refractivity contribution < 1.29 is 0 Å². The summed E-state index contributed by atoms with van der Waals surface area (Å²) < 4.78 is 1.98. The summed E-state index contributed by atoms with van der Waals surface area (Å²) in [7, 11) is 0. The molecule has 0 radical (unpaired) electrons. The Kier molecular flexibility index (Phi) is 3.11. The summed E-state index contributed by atoms with van der Waals surface area (Å²) in [5.74, 6) is 0.903. The van der Waals surface area contributed by atoms with Gasteiger partial charge in [-0.15, -0.1) is 0 Å². The minimum absolute atomic E-state index is 0.358. The number of nitrogens with zero attached hydrogens (tertiary/aromatic N) is 3. The van der Waals surface area contributed by atoms with Crippen molar-refractivity contribution >= 4 is 0 Å². The molecule has 3 rings (SSSR count). The second-order valence-electron chi connectivity index (χ2n) is 5.02. The molecule has 3 heteroatoms. The Morgan fingerprint density at radius 3 is 1.75 bits per heavy atom. The molecule has 100 valence electrons. The lowest BCUT2D eigenvalue weighted by Crippen LogP contribution is -2.34. The first kappa shape index (κ1) is 12.6. The van der Waals surface area contributed by atoms with Crippen molar-refractivity contribution in [1.29, 1.82) is 0 Å². The molecule has 0 amide bonds. The van der Waals surface area contributed by atoms with Gasteiger partial charge in [0.05, 0.1) is 0 Å². The van der Waals surface area contributed by atoms with Crippen LogP contribution in [0.5, 0.6) is 0 Å². The van der Waals surface area contributed by atoms with Crippen LogP contribution in [-0.2, 0) is 5.54 Å². The topological polar surface area (TPSA) is 30.7 Å². The molecule has 0 fully saturated rings. The number of hydrogen-bond donors (Lipinski definition) is 0. The predicted molar refractivity (Wildman–Crippen MR) is 79.5 cm³/mol. The van der Waals surface area contributed by atoms with Crippen molar-refractivity contribution in [2.75, 3.05) is 0 Å². The van der Waals surface area contributed by atoms with Gasteiger partial charge in [-0.2, -0.15) is 5.10 Å². The number of hydrogen-bond acceptors (Lipinski definition) is 2. The summed E-state index contributed by atoms with van der Waals surface area (Å²) in [6.45, 7) is 4.16. The third-order valence-electron chi connectivity index (χ3n) is 3.81. The zero-order valence-corrected chi connectivity index (χ0v) is 11.7. The highest BCUT2D eigenvalue weighted by Crippen LogP contribution is 2.33. The van der Waals surface area contributed by atoms with Gasteiger partial charge in [0.1, 0.15) is 17.7 Å². The number of aryl methyl sites for hydroxylation is 1. The van der Waals surface area contributed by atoms with Gasteiger partial charge in [-0.3, -0.25) is 0 Å². The van der Waals surface area contributed by atoms with E-state index in [1.165, 1.54) is 11.1 Å². The number of aromatic nitrogens is 3. The van der Waals surface area contributed by atoms with E-state index in [1.807, 2.05) is 23.7 Å². The Bertz CT molecular complexity index is 647. The van der Waals surface area contributed by atoms with Crippen LogP contribution in [0.1, 0.15) is 23.9 Å². The molecular weight excluding hydrogens is 246 g/mol. The first-order valence-corrected chi connectivity index (χ1v) is 6.71. The highest BCUT2D eigenvalue weighted by molar-refractivity contribution is 5.38. The molecule has 2 aromatic carbocycles. The van der Waals surface area contributed by atoms with Crippen LogP contribution in [0.25, 0.3) is 0 Å². The number of rotatable bonds is 3. The predicted octanol–water partition coefficient (Wildman–Crippen LogP) is 3.40. The van der Waals surface area contributed by atoms with Crippen molar-refractivity contribution in [2.45, 2.75) is 19.4 Å². The molecule has 0 saturated heterocycles. The average molecular weight is 263 g/mol. The molecule has 1 heterocycles. The molecule has 0 atom stereocenters. The van der Waals surface area contributed by atoms with Gasteiger partial charge in [-0.05, 0) is 25.0 Å². The Labute approximate surface area is 118 Å². The summed E-state index contributed by atoms with van der Waals surface area (Å²) >= 11 is 0. The first-order chi connectivity index (χ1) is 9.73. The Hall–Kier alpha value is -2.42. The second-order valence-corrected chi connectivity index (χ2v) is 5.02. The van der Waals surface area contributed by atoms with Crippen molar-refractivity contribution in [1.82, 2.24) is 14.8 Å². The standard InChI is InChI=1S/C17H17N3/c1-14-18-13-19-20(14)17(2,15-9-5-3-6-10-15)16-11-7-4-8-12-16/h3-13H,1-2H3. The van der Waals surface area contributed by atoms with Crippen LogP contribution in [0.3, 0.4) is 0 Å².